The fourth-order valence-corrected chi connectivity index (χ4v) is 6.63. The second-order valence-corrected chi connectivity index (χ2v) is 10.9. The van der Waals surface area contributed by atoms with Gasteiger partial charge in [0.15, 0.2) is 21.1 Å². The van der Waals surface area contributed by atoms with E-state index in [9.17, 15) is 8.42 Å². The molecule has 0 radical (unpaired) electrons. The molecule has 0 saturated heterocycles. The number of rotatable bonds is 7. The first-order valence-electron chi connectivity index (χ1n) is 10.3. The van der Waals surface area contributed by atoms with Crippen molar-refractivity contribution in [3.63, 3.8) is 0 Å². The van der Waals surface area contributed by atoms with Crippen LogP contribution in [0.25, 0.3) is 16.8 Å². The van der Waals surface area contributed by atoms with E-state index in [1.54, 1.807) is 6.20 Å². The van der Waals surface area contributed by atoms with Crippen molar-refractivity contribution in [2.24, 2.45) is 17.8 Å². The Kier molecular flexibility index (Phi) is 5.16. The highest BCUT2D eigenvalue weighted by Crippen LogP contribution is 2.45. The van der Waals surface area contributed by atoms with Crippen molar-refractivity contribution >= 4 is 26.6 Å². The quantitative estimate of drug-likeness (QED) is 0.651. The highest BCUT2D eigenvalue weighted by atomic mass is 32.2. The van der Waals surface area contributed by atoms with Gasteiger partial charge in [0, 0.05) is 12.1 Å². The van der Waals surface area contributed by atoms with Gasteiger partial charge < -0.3 is 4.98 Å². The molecular weight excluding hydrogens is 374 g/mol. The van der Waals surface area contributed by atoms with Crippen molar-refractivity contribution in [3.8, 4) is 0 Å². The van der Waals surface area contributed by atoms with E-state index in [1.165, 1.54) is 0 Å². The van der Waals surface area contributed by atoms with Gasteiger partial charge in [-0.15, -0.1) is 10.2 Å². The Morgan fingerprint density at radius 1 is 1.29 bits per heavy atom. The molecule has 0 aromatic carbocycles. The van der Waals surface area contributed by atoms with Crippen molar-refractivity contribution < 1.29 is 8.42 Å². The molecule has 3 heterocycles. The Morgan fingerprint density at radius 2 is 2.11 bits per heavy atom. The average Bonchev–Trinajstić information content (AvgIpc) is 3.35. The summed E-state index contributed by atoms with van der Waals surface area (Å²) >= 11 is 0. The van der Waals surface area contributed by atoms with Crippen LogP contribution in [-0.2, 0) is 9.84 Å². The van der Waals surface area contributed by atoms with Gasteiger partial charge in [0.05, 0.1) is 23.2 Å². The molecule has 0 bridgehead atoms. The summed E-state index contributed by atoms with van der Waals surface area (Å²) in [6, 6.07) is 1.99. The fourth-order valence-electron chi connectivity index (χ4n) is 4.64. The Labute approximate surface area is 165 Å². The maximum atomic E-state index is 12.6. The second kappa shape index (κ2) is 7.46. The number of H-pyrrole nitrogens is 1. The number of aromatic amines is 1. The lowest BCUT2D eigenvalue weighted by atomic mass is 9.93. The largest absolute Gasteiger partial charge is 0.345 e. The zero-order valence-electron chi connectivity index (χ0n) is 16.8. The molecule has 7 nitrogen and oxygen atoms in total. The van der Waals surface area contributed by atoms with Crippen LogP contribution in [0.2, 0.25) is 0 Å². The molecule has 1 N–H and O–H groups in total. The van der Waals surface area contributed by atoms with E-state index < -0.39 is 9.84 Å². The van der Waals surface area contributed by atoms with Crippen molar-refractivity contribution in [1.82, 2.24) is 24.6 Å². The molecule has 0 unspecified atom stereocenters. The fraction of sp³-hybridized carbons (Fsp3) is 0.650. The first-order chi connectivity index (χ1) is 13.4. The van der Waals surface area contributed by atoms with Crippen LogP contribution in [0.15, 0.2) is 18.5 Å². The van der Waals surface area contributed by atoms with E-state index >= 15 is 0 Å². The van der Waals surface area contributed by atoms with Gasteiger partial charge in [-0.25, -0.2) is 13.4 Å². The van der Waals surface area contributed by atoms with Crippen molar-refractivity contribution in [2.75, 3.05) is 11.5 Å². The highest BCUT2D eigenvalue weighted by Gasteiger charge is 2.38. The van der Waals surface area contributed by atoms with Gasteiger partial charge in [0.25, 0.3) is 0 Å². The van der Waals surface area contributed by atoms with Gasteiger partial charge >= 0.3 is 0 Å². The minimum Gasteiger partial charge on any atom is -0.345 e. The van der Waals surface area contributed by atoms with Crippen LogP contribution in [0.3, 0.4) is 0 Å². The van der Waals surface area contributed by atoms with Gasteiger partial charge in [-0.3, -0.25) is 4.40 Å². The zero-order chi connectivity index (χ0) is 19.9. The Morgan fingerprint density at radius 3 is 2.86 bits per heavy atom. The Hall–Kier alpha value is -1.96. The molecule has 3 atom stereocenters. The van der Waals surface area contributed by atoms with E-state index in [0.717, 1.165) is 48.3 Å². The normalized spacial score (nSPS) is 23.4. The summed E-state index contributed by atoms with van der Waals surface area (Å²) in [4.78, 5) is 7.53. The second-order valence-electron chi connectivity index (χ2n) is 8.63. The maximum absolute atomic E-state index is 12.6. The topological polar surface area (TPSA) is 93.0 Å². The zero-order valence-corrected chi connectivity index (χ0v) is 17.6. The summed E-state index contributed by atoms with van der Waals surface area (Å²) in [7, 11) is -3.01. The number of hydrogen-bond donors (Lipinski definition) is 1. The van der Waals surface area contributed by atoms with Crippen LogP contribution in [0.1, 0.15) is 58.2 Å². The van der Waals surface area contributed by atoms with E-state index in [4.69, 9.17) is 0 Å². The van der Waals surface area contributed by atoms with Crippen molar-refractivity contribution in [2.45, 2.75) is 52.4 Å². The molecule has 28 heavy (non-hydrogen) atoms. The van der Waals surface area contributed by atoms with Crippen LogP contribution in [0.5, 0.6) is 0 Å². The predicted molar refractivity (Wildman–Crippen MR) is 110 cm³/mol. The summed E-state index contributed by atoms with van der Waals surface area (Å²) in [6.07, 6.45) is 7.16. The summed E-state index contributed by atoms with van der Waals surface area (Å²) in [5, 5.41) is 8.83. The monoisotopic (exact) mass is 403 g/mol. The lowest BCUT2D eigenvalue weighted by molar-refractivity contribution is 0.447. The summed E-state index contributed by atoms with van der Waals surface area (Å²) in [5.41, 5.74) is 2.53. The SMILES string of the molecule is CC[C@@H]1C[C@H](CS(=O)(=O)CCC(C)C)C[C@@H]1c1nnc2cnc3[nH]ccc3n12. The molecule has 1 aliphatic carbocycles. The van der Waals surface area contributed by atoms with Crippen LogP contribution in [0, 0.1) is 17.8 Å². The number of nitrogens with zero attached hydrogens (tertiary/aromatic N) is 4. The van der Waals surface area contributed by atoms with E-state index in [1.807, 2.05) is 12.3 Å². The van der Waals surface area contributed by atoms with Crippen LogP contribution in [0.4, 0.5) is 0 Å². The van der Waals surface area contributed by atoms with Crippen LogP contribution < -0.4 is 0 Å². The molecule has 0 aliphatic heterocycles. The highest BCUT2D eigenvalue weighted by molar-refractivity contribution is 7.91. The lowest BCUT2D eigenvalue weighted by Crippen LogP contribution is -2.18. The van der Waals surface area contributed by atoms with E-state index in [2.05, 4.69) is 45.3 Å². The Balaban J connectivity index is 1.60. The standard InChI is InChI=1S/C20H29N5O2S/c1-4-15-9-14(12-28(26,27)8-6-13(2)3)10-16(15)20-24-23-18-11-22-19-17(25(18)20)5-7-21-19/h5,7,11,13-16,21H,4,6,8-10,12H2,1-3H3/t14-,15+,16-/m0/s1. The molecule has 3 aromatic rings. The Bertz CT molecular complexity index is 1070. The van der Waals surface area contributed by atoms with Gasteiger partial charge in [-0.05, 0) is 43.1 Å². The molecule has 0 spiro atoms. The van der Waals surface area contributed by atoms with E-state index in [0.29, 0.717) is 23.3 Å². The molecule has 1 fully saturated rings. The minimum absolute atomic E-state index is 0.197. The molecule has 1 aliphatic rings. The number of sulfone groups is 1. The maximum Gasteiger partial charge on any atom is 0.179 e. The number of hydrogen-bond acceptors (Lipinski definition) is 5. The third kappa shape index (κ3) is 3.66. The first-order valence-corrected chi connectivity index (χ1v) is 12.1. The van der Waals surface area contributed by atoms with Crippen LogP contribution >= 0.6 is 0 Å². The molecule has 1 saturated carbocycles. The lowest BCUT2D eigenvalue weighted by Gasteiger charge is -2.16. The molecule has 152 valence electrons. The van der Waals surface area contributed by atoms with Gasteiger partial charge in [0.1, 0.15) is 5.82 Å². The average molecular weight is 404 g/mol. The third-order valence-electron chi connectivity index (χ3n) is 6.11. The summed E-state index contributed by atoms with van der Waals surface area (Å²) < 4.78 is 27.3. The molecule has 4 rings (SSSR count). The van der Waals surface area contributed by atoms with Crippen molar-refractivity contribution in [3.05, 3.63) is 24.3 Å². The number of aromatic nitrogens is 5. The summed E-state index contributed by atoms with van der Waals surface area (Å²) in [6.45, 7) is 6.33. The molecule has 8 heteroatoms. The number of fused-ring (bicyclic) bond motifs is 3. The van der Waals surface area contributed by atoms with Crippen LogP contribution in [-0.4, -0.2) is 44.5 Å². The van der Waals surface area contributed by atoms with Gasteiger partial charge in [-0.1, -0.05) is 27.2 Å². The third-order valence-corrected chi connectivity index (χ3v) is 7.95. The smallest absolute Gasteiger partial charge is 0.179 e. The molecular formula is C20H29N5O2S. The predicted octanol–water partition coefficient (Wildman–Crippen LogP) is 3.59. The summed E-state index contributed by atoms with van der Waals surface area (Å²) in [5.74, 6) is 2.80. The minimum atomic E-state index is -3.01. The number of nitrogens with one attached hydrogen (secondary N) is 1. The molecule has 0 amide bonds. The van der Waals surface area contributed by atoms with E-state index in [-0.39, 0.29) is 11.8 Å². The van der Waals surface area contributed by atoms with Gasteiger partial charge in [0.2, 0.25) is 0 Å². The van der Waals surface area contributed by atoms with Gasteiger partial charge in [-0.2, -0.15) is 0 Å². The molecule has 3 aromatic heterocycles. The first kappa shape index (κ1) is 19.4. The van der Waals surface area contributed by atoms with Crippen molar-refractivity contribution in [1.29, 1.82) is 0 Å².